The minimum Gasteiger partial charge on any atom is -0.493 e. The molecule has 0 aliphatic heterocycles. The molecule has 27 heavy (non-hydrogen) atoms. The number of ether oxygens (including phenoxy) is 1. The second kappa shape index (κ2) is 8.24. The molecule has 1 atom stereocenters. The Kier molecular flexibility index (Phi) is 6.04. The third kappa shape index (κ3) is 5.23. The van der Waals surface area contributed by atoms with E-state index >= 15 is 0 Å². The van der Waals surface area contributed by atoms with Crippen LogP contribution in [0.1, 0.15) is 23.6 Å². The van der Waals surface area contributed by atoms with E-state index in [1.807, 2.05) is 6.07 Å². The Bertz CT molecular complexity index is 910. The van der Waals surface area contributed by atoms with Crippen molar-refractivity contribution in [1.82, 2.24) is 0 Å². The lowest BCUT2D eigenvalue weighted by Crippen LogP contribution is -2.25. The van der Waals surface area contributed by atoms with Gasteiger partial charge in [0.05, 0.1) is 41.4 Å². The Morgan fingerprint density at radius 1 is 1.15 bits per heavy atom. The lowest BCUT2D eigenvalue weighted by molar-refractivity contribution is -0.137. The van der Waals surface area contributed by atoms with E-state index in [0.29, 0.717) is 11.3 Å². The molecular formula is C19H14F3N3O2. The van der Waals surface area contributed by atoms with Crippen LogP contribution in [0, 0.1) is 28.6 Å². The van der Waals surface area contributed by atoms with E-state index in [4.69, 9.17) is 15.3 Å². The van der Waals surface area contributed by atoms with Crippen LogP contribution >= 0.6 is 0 Å². The van der Waals surface area contributed by atoms with Gasteiger partial charge in [0, 0.05) is 5.69 Å². The number of hydrogen-bond donors (Lipinski definition) is 1. The van der Waals surface area contributed by atoms with Crippen LogP contribution in [0.5, 0.6) is 5.75 Å². The van der Waals surface area contributed by atoms with E-state index in [9.17, 15) is 18.0 Å². The van der Waals surface area contributed by atoms with E-state index < -0.39 is 29.1 Å². The van der Waals surface area contributed by atoms with Crippen LogP contribution in [-0.2, 0) is 11.0 Å². The monoisotopic (exact) mass is 373 g/mol. The van der Waals surface area contributed by atoms with Crippen molar-refractivity contribution in [2.45, 2.75) is 13.1 Å². The molecule has 1 unspecified atom stereocenters. The highest BCUT2D eigenvalue weighted by atomic mass is 19.4. The summed E-state index contributed by atoms with van der Waals surface area (Å²) in [5.41, 5.74) is -1.21. The lowest BCUT2D eigenvalue weighted by Gasteiger charge is -2.15. The predicted octanol–water partition coefficient (Wildman–Crippen LogP) is 4.10. The van der Waals surface area contributed by atoms with Gasteiger partial charge in [-0.15, -0.1) is 0 Å². The maximum absolute atomic E-state index is 13.0. The Balaban J connectivity index is 2.01. The molecule has 2 aromatic carbocycles. The molecule has 0 bridgehead atoms. The van der Waals surface area contributed by atoms with Crippen LogP contribution in [0.4, 0.5) is 18.9 Å². The molecule has 0 aliphatic carbocycles. The molecule has 1 N–H and O–H groups in total. The number of halogens is 3. The van der Waals surface area contributed by atoms with Gasteiger partial charge < -0.3 is 10.1 Å². The first-order valence-electron chi connectivity index (χ1n) is 7.79. The molecule has 8 heteroatoms. The molecule has 0 saturated carbocycles. The summed E-state index contributed by atoms with van der Waals surface area (Å²) in [5.74, 6) is -0.710. The van der Waals surface area contributed by atoms with Crippen LogP contribution in [0.15, 0.2) is 42.5 Å². The van der Waals surface area contributed by atoms with Crippen LogP contribution < -0.4 is 10.1 Å². The summed E-state index contributed by atoms with van der Waals surface area (Å²) < 4.78 is 44.4. The topological polar surface area (TPSA) is 85.9 Å². The van der Waals surface area contributed by atoms with Gasteiger partial charge in [-0.2, -0.15) is 23.7 Å². The quantitative estimate of drug-likeness (QED) is 0.855. The van der Waals surface area contributed by atoms with Gasteiger partial charge in [-0.1, -0.05) is 6.92 Å². The van der Waals surface area contributed by atoms with Crippen LogP contribution in [0.3, 0.4) is 0 Å². The average Bonchev–Trinajstić information content (AvgIpc) is 2.65. The fourth-order valence-electron chi connectivity index (χ4n) is 2.14. The van der Waals surface area contributed by atoms with Gasteiger partial charge >= 0.3 is 6.18 Å². The van der Waals surface area contributed by atoms with Gasteiger partial charge in [0.15, 0.2) is 0 Å². The van der Waals surface area contributed by atoms with Crippen molar-refractivity contribution in [3.8, 4) is 17.9 Å². The fraction of sp³-hybridized carbons (Fsp3) is 0.211. The summed E-state index contributed by atoms with van der Waals surface area (Å²) in [4.78, 5) is 12.2. The molecule has 0 heterocycles. The highest BCUT2D eigenvalue weighted by molar-refractivity contribution is 5.92. The number of alkyl halides is 3. The van der Waals surface area contributed by atoms with Gasteiger partial charge in [-0.3, -0.25) is 4.79 Å². The Morgan fingerprint density at radius 3 is 2.37 bits per heavy atom. The molecule has 0 radical (unpaired) electrons. The van der Waals surface area contributed by atoms with Crippen molar-refractivity contribution in [3.05, 3.63) is 59.2 Å². The number of nitriles is 2. The number of hydrogen-bond acceptors (Lipinski definition) is 4. The molecule has 0 fully saturated rings. The number of carbonyl (C=O) groups excluding carboxylic acids is 1. The molecule has 0 spiro atoms. The normalized spacial score (nSPS) is 11.8. The summed E-state index contributed by atoms with van der Waals surface area (Å²) in [6.07, 6.45) is -4.70. The molecule has 2 aromatic rings. The van der Waals surface area contributed by atoms with E-state index in [2.05, 4.69) is 5.32 Å². The standard InChI is InChI=1S/C19H14F3N3O2/c1-12(11-27-16-6-2-13(9-23)3-7-16)18(26)25-15-5-4-14(10-24)17(8-15)19(20,21)22/h2-8,12H,11H2,1H3,(H,25,26). The third-order valence-corrected chi connectivity index (χ3v) is 3.64. The van der Waals surface area contributed by atoms with E-state index in [-0.39, 0.29) is 12.3 Å². The van der Waals surface area contributed by atoms with E-state index in [1.54, 1.807) is 31.2 Å². The largest absolute Gasteiger partial charge is 0.493 e. The van der Waals surface area contributed by atoms with Crippen LogP contribution in [-0.4, -0.2) is 12.5 Å². The fourth-order valence-corrected chi connectivity index (χ4v) is 2.14. The summed E-state index contributed by atoms with van der Waals surface area (Å²) in [6, 6.07) is 12.7. The van der Waals surface area contributed by atoms with Crippen LogP contribution in [0.25, 0.3) is 0 Å². The van der Waals surface area contributed by atoms with Crippen molar-refractivity contribution in [1.29, 1.82) is 10.5 Å². The molecule has 0 aliphatic rings. The zero-order valence-electron chi connectivity index (χ0n) is 14.2. The maximum Gasteiger partial charge on any atom is 0.417 e. The zero-order valence-corrected chi connectivity index (χ0v) is 14.2. The second-order valence-corrected chi connectivity index (χ2v) is 5.71. The molecule has 2 rings (SSSR count). The molecule has 0 saturated heterocycles. The first kappa shape index (κ1) is 19.8. The number of benzene rings is 2. The molecule has 138 valence electrons. The number of carbonyl (C=O) groups is 1. The number of nitrogens with one attached hydrogen (secondary N) is 1. The molecule has 0 aromatic heterocycles. The van der Waals surface area contributed by atoms with Gasteiger partial charge in [0.25, 0.3) is 0 Å². The van der Waals surface area contributed by atoms with E-state index in [0.717, 1.165) is 12.1 Å². The Hall–Kier alpha value is -3.52. The molecular weight excluding hydrogens is 359 g/mol. The van der Waals surface area contributed by atoms with Crippen molar-refractivity contribution in [2.24, 2.45) is 5.92 Å². The summed E-state index contributed by atoms with van der Waals surface area (Å²) in [6.45, 7) is 1.56. The summed E-state index contributed by atoms with van der Waals surface area (Å²) in [7, 11) is 0. The van der Waals surface area contributed by atoms with Crippen molar-refractivity contribution in [3.63, 3.8) is 0 Å². The van der Waals surface area contributed by atoms with Gasteiger partial charge in [0.2, 0.25) is 5.91 Å². The molecule has 1 amide bonds. The smallest absolute Gasteiger partial charge is 0.417 e. The second-order valence-electron chi connectivity index (χ2n) is 5.71. The Morgan fingerprint density at radius 2 is 1.81 bits per heavy atom. The van der Waals surface area contributed by atoms with Gasteiger partial charge in [-0.25, -0.2) is 0 Å². The first-order valence-corrected chi connectivity index (χ1v) is 7.79. The van der Waals surface area contributed by atoms with Crippen molar-refractivity contribution < 1.29 is 22.7 Å². The van der Waals surface area contributed by atoms with Crippen LogP contribution in [0.2, 0.25) is 0 Å². The number of anilines is 1. The number of rotatable bonds is 5. The lowest BCUT2D eigenvalue weighted by atomic mass is 10.1. The van der Waals surface area contributed by atoms with E-state index in [1.165, 1.54) is 12.1 Å². The van der Waals surface area contributed by atoms with Gasteiger partial charge in [0.1, 0.15) is 5.75 Å². The highest BCUT2D eigenvalue weighted by Gasteiger charge is 2.34. The highest BCUT2D eigenvalue weighted by Crippen LogP contribution is 2.33. The summed E-state index contributed by atoms with van der Waals surface area (Å²) in [5, 5.41) is 19.9. The third-order valence-electron chi connectivity index (χ3n) is 3.64. The van der Waals surface area contributed by atoms with Crippen molar-refractivity contribution >= 4 is 11.6 Å². The average molecular weight is 373 g/mol. The van der Waals surface area contributed by atoms with Gasteiger partial charge in [-0.05, 0) is 42.5 Å². The Labute approximate surface area is 153 Å². The zero-order chi connectivity index (χ0) is 20.0. The number of amides is 1. The minimum atomic E-state index is -4.70. The molecule has 5 nitrogen and oxygen atoms in total. The summed E-state index contributed by atoms with van der Waals surface area (Å²) >= 11 is 0. The number of nitrogens with zero attached hydrogens (tertiary/aromatic N) is 2. The first-order chi connectivity index (χ1) is 12.7. The minimum absolute atomic E-state index is 0.000140. The van der Waals surface area contributed by atoms with Crippen molar-refractivity contribution in [2.75, 3.05) is 11.9 Å². The predicted molar refractivity (Wildman–Crippen MR) is 90.6 cm³/mol. The SMILES string of the molecule is CC(COc1ccc(C#N)cc1)C(=O)Nc1ccc(C#N)c(C(F)(F)F)c1. The maximum atomic E-state index is 13.0.